The second-order valence-corrected chi connectivity index (χ2v) is 12.7. The van der Waals surface area contributed by atoms with E-state index >= 15 is 0 Å². The van der Waals surface area contributed by atoms with Gasteiger partial charge in [0.15, 0.2) is 0 Å². The minimum Gasteiger partial charge on any atom is -0.493 e. The number of methoxy groups -OCH3 is 1. The van der Waals surface area contributed by atoms with Crippen molar-refractivity contribution in [1.82, 2.24) is 9.29 Å². The average molecular weight is 612 g/mol. The monoisotopic (exact) mass is 611 g/mol. The molecule has 0 bridgehead atoms. The first-order valence-corrected chi connectivity index (χ1v) is 16.0. The third kappa shape index (κ3) is 6.94. The third-order valence-electron chi connectivity index (χ3n) is 6.81. The summed E-state index contributed by atoms with van der Waals surface area (Å²) < 4.78 is 50.7. The van der Waals surface area contributed by atoms with Crippen LogP contribution in [0.1, 0.15) is 30.2 Å². The molecule has 222 valence electrons. The highest BCUT2D eigenvalue weighted by molar-refractivity contribution is 7.89. The van der Waals surface area contributed by atoms with Gasteiger partial charge in [0.05, 0.1) is 25.2 Å². The number of ether oxygens (including phenoxy) is 3. The number of aryl methyl sites for hydroxylation is 1. The molecule has 0 amide bonds. The highest BCUT2D eigenvalue weighted by atomic mass is 32.2. The second kappa shape index (κ2) is 13.4. The van der Waals surface area contributed by atoms with Crippen LogP contribution in [0.25, 0.3) is 10.8 Å². The van der Waals surface area contributed by atoms with Crippen LogP contribution < -0.4 is 14.8 Å². The van der Waals surface area contributed by atoms with E-state index in [1.807, 2.05) is 41.8 Å². The first-order valence-electron chi connectivity index (χ1n) is 13.7. The summed E-state index contributed by atoms with van der Waals surface area (Å²) in [5.74, 6) is 0.889. The Morgan fingerprint density at radius 3 is 2.69 bits per heavy atom. The van der Waals surface area contributed by atoms with E-state index in [-0.39, 0.29) is 19.7 Å². The van der Waals surface area contributed by atoms with Gasteiger partial charge < -0.3 is 23.9 Å². The van der Waals surface area contributed by atoms with Crippen LogP contribution in [0.15, 0.2) is 70.5 Å². The number of carbonyl (C=O) groups excluding carboxylic acids is 1. The summed E-state index contributed by atoms with van der Waals surface area (Å²) in [4.78, 5) is 17.8. The van der Waals surface area contributed by atoms with Crippen LogP contribution in [0.5, 0.6) is 11.7 Å². The molecule has 3 heterocycles. The Morgan fingerprint density at radius 1 is 1.14 bits per heavy atom. The number of sulfonamides is 1. The van der Waals surface area contributed by atoms with Crippen LogP contribution in [-0.2, 0) is 38.9 Å². The molecule has 1 unspecified atom stereocenters. The molecule has 2 aromatic heterocycles. The van der Waals surface area contributed by atoms with Gasteiger partial charge in [-0.15, -0.1) is 11.3 Å². The van der Waals surface area contributed by atoms with Gasteiger partial charge in [0, 0.05) is 18.7 Å². The second-order valence-electron chi connectivity index (χ2n) is 9.62. The third-order valence-corrected chi connectivity index (χ3v) is 9.72. The van der Waals surface area contributed by atoms with E-state index in [1.165, 1.54) is 22.8 Å². The number of thiophene rings is 1. The van der Waals surface area contributed by atoms with E-state index in [0.717, 1.165) is 16.1 Å². The number of rotatable bonds is 13. The Labute approximate surface area is 249 Å². The lowest BCUT2D eigenvalue weighted by Gasteiger charge is -2.31. The molecule has 12 heteroatoms. The lowest BCUT2D eigenvalue weighted by atomic mass is 10.0. The SMILES string of the molecule is CCOC(=O)CN(Cc1ccc(OCCc2nc(-c3cccs3)oc2OC)cc1)S(=O)(=O)C1CCc2ccccc2N1. The molecule has 0 saturated carbocycles. The summed E-state index contributed by atoms with van der Waals surface area (Å²) in [5, 5.41) is 4.26. The topological polar surface area (TPSA) is 120 Å². The van der Waals surface area contributed by atoms with Gasteiger partial charge in [0.2, 0.25) is 15.9 Å². The fourth-order valence-corrected chi connectivity index (χ4v) is 7.04. The number of fused-ring (bicyclic) bond motifs is 1. The predicted octanol–water partition coefficient (Wildman–Crippen LogP) is 5.11. The van der Waals surface area contributed by atoms with Gasteiger partial charge in [-0.3, -0.25) is 4.79 Å². The Bertz CT molecular complexity index is 1590. The van der Waals surface area contributed by atoms with E-state index in [4.69, 9.17) is 18.6 Å². The quantitative estimate of drug-likeness (QED) is 0.206. The molecule has 0 saturated heterocycles. The highest BCUT2D eigenvalue weighted by Crippen LogP contribution is 2.31. The number of hydrogen-bond acceptors (Lipinski definition) is 10. The largest absolute Gasteiger partial charge is 0.493 e. The summed E-state index contributed by atoms with van der Waals surface area (Å²) in [6, 6.07) is 18.6. The number of carbonyl (C=O) groups is 1. The maximum absolute atomic E-state index is 13.7. The maximum Gasteiger partial charge on any atom is 0.321 e. The van der Waals surface area contributed by atoms with E-state index < -0.39 is 21.4 Å². The summed E-state index contributed by atoms with van der Waals surface area (Å²) in [7, 11) is -2.35. The van der Waals surface area contributed by atoms with Gasteiger partial charge in [-0.2, -0.15) is 4.31 Å². The van der Waals surface area contributed by atoms with Crippen molar-refractivity contribution in [2.45, 2.75) is 38.1 Å². The first-order chi connectivity index (χ1) is 20.4. The molecular weight excluding hydrogens is 578 g/mol. The molecule has 0 aliphatic carbocycles. The van der Waals surface area contributed by atoms with Gasteiger partial charge in [-0.1, -0.05) is 36.4 Å². The minimum absolute atomic E-state index is 0.0168. The van der Waals surface area contributed by atoms with Crippen molar-refractivity contribution in [2.24, 2.45) is 0 Å². The Kier molecular flexibility index (Phi) is 9.45. The number of aromatic nitrogens is 1. The van der Waals surface area contributed by atoms with E-state index in [9.17, 15) is 13.2 Å². The lowest BCUT2D eigenvalue weighted by Crippen LogP contribution is -2.46. The first kappa shape index (κ1) is 29.6. The zero-order valence-electron chi connectivity index (χ0n) is 23.4. The highest BCUT2D eigenvalue weighted by Gasteiger charge is 2.36. The average Bonchev–Trinajstić information content (AvgIpc) is 3.68. The molecule has 4 aromatic rings. The van der Waals surface area contributed by atoms with Crippen LogP contribution in [-0.4, -0.2) is 55.9 Å². The normalized spacial score (nSPS) is 14.7. The molecule has 0 fully saturated rings. The standard InChI is InChI=1S/C30H33N3O7S2/c1-3-38-28(34)20-33(42(35,36)27-15-12-22-7-4-5-8-24(22)31-27)19-21-10-13-23(14-11-21)39-17-16-25-30(37-2)40-29(32-25)26-9-6-18-41-26/h4-11,13-14,18,27,31H,3,12,15-17,19-20H2,1-2H3. The number of anilines is 1. The van der Waals surface area contributed by atoms with Crippen molar-refractivity contribution in [3.05, 3.63) is 82.9 Å². The number of hydrogen-bond donors (Lipinski definition) is 1. The van der Waals surface area contributed by atoms with Crippen LogP contribution in [0.3, 0.4) is 0 Å². The molecule has 0 radical (unpaired) electrons. The van der Waals surface area contributed by atoms with Crippen molar-refractivity contribution < 1.29 is 31.8 Å². The Balaban J connectivity index is 1.23. The summed E-state index contributed by atoms with van der Waals surface area (Å²) >= 11 is 1.53. The number of esters is 1. The molecule has 1 aliphatic rings. The molecular formula is C30H33N3O7S2. The molecule has 2 aromatic carbocycles. The van der Waals surface area contributed by atoms with Gasteiger partial charge in [-0.05, 0) is 60.5 Å². The van der Waals surface area contributed by atoms with E-state index in [2.05, 4.69) is 10.3 Å². The van der Waals surface area contributed by atoms with Crippen LogP contribution in [0.2, 0.25) is 0 Å². The van der Waals surface area contributed by atoms with Crippen molar-refractivity contribution >= 4 is 33.0 Å². The number of oxazole rings is 1. The van der Waals surface area contributed by atoms with Gasteiger partial charge in [0.1, 0.15) is 23.4 Å². The number of benzene rings is 2. The van der Waals surface area contributed by atoms with Gasteiger partial charge in [-0.25, -0.2) is 13.4 Å². The van der Waals surface area contributed by atoms with Crippen molar-refractivity contribution in [3.8, 4) is 22.5 Å². The fourth-order valence-electron chi connectivity index (χ4n) is 4.72. The summed E-state index contributed by atoms with van der Waals surface area (Å²) in [6.07, 6.45) is 1.50. The molecule has 0 spiro atoms. The molecule has 1 atom stereocenters. The van der Waals surface area contributed by atoms with Crippen molar-refractivity contribution in [2.75, 3.05) is 32.2 Å². The summed E-state index contributed by atoms with van der Waals surface area (Å²) in [5.41, 5.74) is 3.24. The van der Waals surface area contributed by atoms with E-state index in [0.29, 0.717) is 54.7 Å². The number of para-hydroxylation sites is 1. The zero-order valence-corrected chi connectivity index (χ0v) is 25.1. The van der Waals surface area contributed by atoms with E-state index in [1.54, 1.807) is 31.2 Å². The predicted molar refractivity (Wildman–Crippen MR) is 160 cm³/mol. The lowest BCUT2D eigenvalue weighted by molar-refractivity contribution is -0.143. The van der Waals surface area contributed by atoms with Crippen LogP contribution in [0.4, 0.5) is 5.69 Å². The molecule has 10 nitrogen and oxygen atoms in total. The Morgan fingerprint density at radius 2 is 1.95 bits per heavy atom. The number of nitrogens with zero attached hydrogens (tertiary/aromatic N) is 2. The molecule has 42 heavy (non-hydrogen) atoms. The smallest absolute Gasteiger partial charge is 0.321 e. The Hall–Kier alpha value is -3.87. The van der Waals surface area contributed by atoms with Gasteiger partial charge in [0.25, 0.3) is 0 Å². The maximum atomic E-state index is 13.7. The van der Waals surface area contributed by atoms with Crippen LogP contribution in [0, 0.1) is 0 Å². The summed E-state index contributed by atoms with van der Waals surface area (Å²) in [6.45, 7) is 1.84. The van der Waals surface area contributed by atoms with Crippen LogP contribution >= 0.6 is 11.3 Å². The molecule has 5 rings (SSSR count). The van der Waals surface area contributed by atoms with Crippen molar-refractivity contribution in [1.29, 1.82) is 0 Å². The minimum atomic E-state index is -3.89. The van der Waals surface area contributed by atoms with Crippen molar-refractivity contribution in [3.63, 3.8) is 0 Å². The molecule has 1 N–H and O–H groups in total. The fraction of sp³-hybridized carbons (Fsp3) is 0.333. The zero-order chi connectivity index (χ0) is 29.5. The molecule has 1 aliphatic heterocycles. The van der Waals surface area contributed by atoms with Gasteiger partial charge >= 0.3 is 11.9 Å². The number of nitrogens with one attached hydrogen (secondary N) is 1.